The Morgan fingerprint density at radius 1 is 1.04 bits per heavy atom. The molecule has 1 saturated heterocycles. The Labute approximate surface area is 150 Å². The molecule has 2 aromatic carbocycles. The normalized spacial score (nSPS) is 14.8. The minimum absolute atomic E-state index is 0.146. The lowest BCUT2D eigenvalue weighted by Gasteiger charge is -2.37. The van der Waals surface area contributed by atoms with Crippen molar-refractivity contribution >= 4 is 34.8 Å². The van der Waals surface area contributed by atoms with Gasteiger partial charge in [0.05, 0.1) is 10.6 Å². The number of amides is 1. The Morgan fingerprint density at radius 2 is 1.75 bits per heavy atom. The fourth-order valence-corrected chi connectivity index (χ4v) is 3.32. The molecule has 3 rings (SSSR count). The third-order valence-electron chi connectivity index (χ3n) is 4.24. The standard InChI is InChI=1S/C18H17Cl2FN2O/c1-12-2-3-13(19)10-17(12)22-6-8-23(9-7-22)18(24)15-5-4-14(21)11-16(15)20/h2-5,10-11H,6-9H2,1H3. The predicted molar refractivity (Wildman–Crippen MR) is 95.7 cm³/mol. The third-order valence-corrected chi connectivity index (χ3v) is 4.79. The maximum atomic E-state index is 13.1. The van der Waals surface area contributed by atoms with Gasteiger partial charge in [0, 0.05) is 36.9 Å². The van der Waals surface area contributed by atoms with Crippen LogP contribution in [0.2, 0.25) is 10.0 Å². The molecule has 24 heavy (non-hydrogen) atoms. The molecule has 126 valence electrons. The number of rotatable bonds is 2. The molecule has 1 heterocycles. The monoisotopic (exact) mass is 366 g/mol. The van der Waals surface area contributed by atoms with Gasteiger partial charge in [-0.05, 0) is 42.8 Å². The number of aryl methyl sites for hydroxylation is 1. The van der Waals surface area contributed by atoms with Gasteiger partial charge in [-0.2, -0.15) is 0 Å². The summed E-state index contributed by atoms with van der Waals surface area (Å²) in [6, 6.07) is 9.67. The van der Waals surface area contributed by atoms with E-state index in [2.05, 4.69) is 4.90 Å². The lowest BCUT2D eigenvalue weighted by Crippen LogP contribution is -2.49. The van der Waals surface area contributed by atoms with Crippen LogP contribution in [0, 0.1) is 12.7 Å². The van der Waals surface area contributed by atoms with Gasteiger partial charge in [-0.25, -0.2) is 4.39 Å². The maximum absolute atomic E-state index is 13.1. The van der Waals surface area contributed by atoms with E-state index < -0.39 is 5.82 Å². The summed E-state index contributed by atoms with van der Waals surface area (Å²) < 4.78 is 13.1. The second kappa shape index (κ2) is 6.99. The summed E-state index contributed by atoms with van der Waals surface area (Å²) in [4.78, 5) is 16.5. The zero-order valence-electron chi connectivity index (χ0n) is 13.2. The molecule has 0 bridgehead atoms. The van der Waals surface area contributed by atoms with Crippen LogP contribution < -0.4 is 4.90 Å². The second-order valence-corrected chi connectivity index (χ2v) is 6.68. The Bertz CT molecular complexity index is 774. The van der Waals surface area contributed by atoms with Gasteiger partial charge in [-0.3, -0.25) is 4.79 Å². The quantitative estimate of drug-likeness (QED) is 0.785. The number of benzene rings is 2. The van der Waals surface area contributed by atoms with Gasteiger partial charge in [0.25, 0.3) is 5.91 Å². The summed E-state index contributed by atoms with van der Waals surface area (Å²) in [5.41, 5.74) is 2.58. The van der Waals surface area contributed by atoms with E-state index in [4.69, 9.17) is 23.2 Å². The first kappa shape index (κ1) is 17.1. The molecule has 0 aliphatic carbocycles. The van der Waals surface area contributed by atoms with E-state index in [-0.39, 0.29) is 10.9 Å². The van der Waals surface area contributed by atoms with E-state index in [0.29, 0.717) is 36.8 Å². The Kier molecular flexibility index (Phi) is 4.97. The molecule has 2 aromatic rings. The minimum atomic E-state index is -0.446. The van der Waals surface area contributed by atoms with Crippen molar-refractivity contribution in [2.24, 2.45) is 0 Å². The Hall–Kier alpha value is -1.78. The molecule has 0 unspecified atom stereocenters. The summed E-state index contributed by atoms with van der Waals surface area (Å²) in [5, 5.41) is 0.848. The molecular weight excluding hydrogens is 350 g/mol. The molecule has 0 spiro atoms. The van der Waals surface area contributed by atoms with E-state index in [0.717, 1.165) is 11.3 Å². The van der Waals surface area contributed by atoms with Crippen LogP contribution >= 0.6 is 23.2 Å². The van der Waals surface area contributed by atoms with Crippen LogP contribution in [0.4, 0.5) is 10.1 Å². The van der Waals surface area contributed by atoms with Crippen LogP contribution in [-0.4, -0.2) is 37.0 Å². The van der Waals surface area contributed by atoms with Crippen molar-refractivity contribution in [3.8, 4) is 0 Å². The number of nitrogens with zero attached hydrogens (tertiary/aromatic N) is 2. The van der Waals surface area contributed by atoms with Gasteiger partial charge in [0.15, 0.2) is 0 Å². The molecule has 0 radical (unpaired) electrons. The van der Waals surface area contributed by atoms with Gasteiger partial charge in [-0.1, -0.05) is 29.3 Å². The van der Waals surface area contributed by atoms with Crippen molar-refractivity contribution in [2.75, 3.05) is 31.1 Å². The smallest absolute Gasteiger partial charge is 0.255 e. The van der Waals surface area contributed by atoms with Crippen LogP contribution in [-0.2, 0) is 0 Å². The molecule has 0 atom stereocenters. The van der Waals surface area contributed by atoms with Gasteiger partial charge in [0.1, 0.15) is 5.82 Å². The molecule has 1 aliphatic rings. The lowest BCUT2D eigenvalue weighted by atomic mass is 10.1. The van der Waals surface area contributed by atoms with Gasteiger partial charge in [-0.15, -0.1) is 0 Å². The first-order chi connectivity index (χ1) is 11.5. The van der Waals surface area contributed by atoms with Crippen molar-refractivity contribution in [2.45, 2.75) is 6.92 Å². The summed E-state index contributed by atoms with van der Waals surface area (Å²) in [5.74, 6) is -0.611. The van der Waals surface area contributed by atoms with Crippen molar-refractivity contribution in [3.05, 3.63) is 63.4 Å². The number of carbonyl (C=O) groups is 1. The van der Waals surface area contributed by atoms with Crippen molar-refractivity contribution in [1.29, 1.82) is 0 Å². The average Bonchev–Trinajstić information content (AvgIpc) is 2.57. The molecule has 0 saturated carbocycles. The molecule has 0 aromatic heterocycles. The van der Waals surface area contributed by atoms with Crippen LogP contribution in [0.1, 0.15) is 15.9 Å². The molecule has 1 amide bonds. The third kappa shape index (κ3) is 3.50. The van der Waals surface area contributed by atoms with Crippen molar-refractivity contribution < 1.29 is 9.18 Å². The average molecular weight is 367 g/mol. The highest BCUT2D eigenvalue weighted by Gasteiger charge is 2.24. The van der Waals surface area contributed by atoms with Gasteiger partial charge >= 0.3 is 0 Å². The van der Waals surface area contributed by atoms with Crippen LogP contribution in [0.15, 0.2) is 36.4 Å². The molecule has 0 N–H and O–H groups in total. The van der Waals surface area contributed by atoms with Crippen LogP contribution in [0.25, 0.3) is 0 Å². The second-order valence-electron chi connectivity index (χ2n) is 5.83. The number of hydrogen-bond acceptors (Lipinski definition) is 2. The van der Waals surface area contributed by atoms with E-state index in [1.165, 1.54) is 18.2 Å². The Balaban J connectivity index is 1.70. The summed E-state index contributed by atoms with van der Waals surface area (Å²) in [6.45, 7) is 4.63. The molecular formula is C18H17Cl2FN2O. The van der Waals surface area contributed by atoms with E-state index in [1.807, 2.05) is 25.1 Å². The highest BCUT2D eigenvalue weighted by atomic mass is 35.5. The Morgan fingerprint density at radius 3 is 2.42 bits per heavy atom. The van der Waals surface area contributed by atoms with E-state index in [9.17, 15) is 9.18 Å². The van der Waals surface area contributed by atoms with E-state index in [1.54, 1.807) is 4.90 Å². The maximum Gasteiger partial charge on any atom is 0.255 e. The first-order valence-electron chi connectivity index (χ1n) is 7.71. The fourth-order valence-electron chi connectivity index (χ4n) is 2.91. The highest BCUT2D eigenvalue weighted by Crippen LogP contribution is 2.26. The topological polar surface area (TPSA) is 23.6 Å². The number of piperazine rings is 1. The zero-order valence-corrected chi connectivity index (χ0v) is 14.7. The highest BCUT2D eigenvalue weighted by molar-refractivity contribution is 6.33. The predicted octanol–water partition coefficient (Wildman–Crippen LogP) is 4.40. The number of anilines is 1. The molecule has 6 heteroatoms. The number of hydrogen-bond donors (Lipinski definition) is 0. The molecule has 1 fully saturated rings. The SMILES string of the molecule is Cc1ccc(Cl)cc1N1CCN(C(=O)c2ccc(F)cc2Cl)CC1. The molecule has 3 nitrogen and oxygen atoms in total. The van der Waals surface area contributed by atoms with Gasteiger partial charge in [0.2, 0.25) is 0 Å². The number of carbonyl (C=O) groups excluding carboxylic acids is 1. The fraction of sp³-hybridized carbons (Fsp3) is 0.278. The lowest BCUT2D eigenvalue weighted by molar-refractivity contribution is 0.0747. The van der Waals surface area contributed by atoms with Gasteiger partial charge < -0.3 is 9.80 Å². The minimum Gasteiger partial charge on any atom is -0.368 e. The van der Waals surface area contributed by atoms with Crippen LogP contribution in [0.5, 0.6) is 0 Å². The first-order valence-corrected chi connectivity index (χ1v) is 8.47. The summed E-state index contributed by atoms with van der Waals surface area (Å²) in [7, 11) is 0. The molecule has 1 aliphatic heterocycles. The summed E-state index contributed by atoms with van der Waals surface area (Å²) in [6.07, 6.45) is 0. The van der Waals surface area contributed by atoms with E-state index >= 15 is 0 Å². The van der Waals surface area contributed by atoms with Crippen molar-refractivity contribution in [1.82, 2.24) is 4.90 Å². The van der Waals surface area contributed by atoms with Crippen molar-refractivity contribution in [3.63, 3.8) is 0 Å². The zero-order chi connectivity index (χ0) is 17.3. The summed E-state index contributed by atoms with van der Waals surface area (Å²) >= 11 is 12.1. The largest absolute Gasteiger partial charge is 0.368 e. The van der Waals surface area contributed by atoms with Crippen LogP contribution in [0.3, 0.4) is 0 Å². The number of halogens is 3.